The van der Waals surface area contributed by atoms with Crippen molar-refractivity contribution in [1.82, 2.24) is 0 Å². The van der Waals surface area contributed by atoms with Gasteiger partial charge in [-0.2, -0.15) is 0 Å². The van der Waals surface area contributed by atoms with Crippen LogP contribution in [0.1, 0.15) is 23.2 Å². The first-order valence-corrected chi connectivity index (χ1v) is 6.44. The topological polar surface area (TPSA) is 69.1 Å². The number of anilines is 1. The molecule has 3 nitrogen and oxygen atoms in total. The van der Waals surface area contributed by atoms with Crippen molar-refractivity contribution in [1.29, 1.82) is 0 Å². The van der Waals surface area contributed by atoms with Crippen molar-refractivity contribution in [3.63, 3.8) is 0 Å². The van der Waals surface area contributed by atoms with Crippen LogP contribution in [-0.4, -0.2) is 12.3 Å². The van der Waals surface area contributed by atoms with Gasteiger partial charge in [-0.1, -0.05) is 12.2 Å². The zero-order chi connectivity index (χ0) is 12.8. The molecule has 0 saturated heterocycles. The van der Waals surface area contributed by atoms with Crippen LogP contribution in [-0.2, 0) is 0 Å². The molecule has 3 rings (SSSR count). The zero-order valence-electron chi connectivity index (χ0n) is 10.3. The number of fused-ring (bicyclic) bond motifs is 2. The van der Waals surface area contributed by atoms with E-state index in [1.807, 2.05) is 12.1 Å². The van der Waals surface area contributed by atoms with Gasteiger partial charge in [-0.25, -0.2) is 0 Å². The Balaban J connectivity index is 1.90. The first kappa shape index (κ1) is 11.5. The fraction of sp³-hybridized carbons (Fsp3) is 0.400. The predicted molar refractivity (Wildman–Crippen MR) is 72.0 cm³/mol. The molecule has 0 amide bonds. The third-order valence-corrected chi connectivity index (χ3v) is 4.42. The number of hydrogen-bond donors (Lipinski definition) is 2. The van der Waals surface area contributed by atoms with E-state index < -0.39 is 0 Å². The van der Waals surface area contributed by atoms with Gasteiger partial charge in [-0.05, 0) is 55.5 Å². The van der Waals surface area contributed by atoms with Crippen LogP contribution in [0.4, 0.5) is 5.69 Å². The number of allylic oxidation sites excluding steroid dienone is 2. The van der Waals surface area contributed by atoms with E-state index in [4.69, 9.17) is 11.5 Å². The van der Waals surface area contributed by atoms with E-state index in [-0.39, 0.29) is 11.2 Å². The Morgan fingerprint density at radius 2 is 2.00 bits per heavy atom. The van der Waals surface area contributed by atoms with Crippen LogP contribution in [0.15, 0.2) is 36.4 Å². The van der Waals surface area contributed by atoms with Gasteiger partial charge in [0.2, 0.25) is 0 Å². The molecule has 0 heterocycles. The van der Waals surface area contributed by atoms with Gasteiger partial charge >= 0.3 is 0 Å². The minimum absolute atomic E-state index is 0.220. The number of rotatable bonds is 3. The van der Waals surface area contributed by atoms with Crippen molar-refractivity contribution in [3.8, 4) is 0 Å². The van der Waals surface area contributed by atoms with E-state index >= 15 is 0 Å². The molecule has 4 N–H and O–H groups in total. The average molecular weight is 242 g/mol. The van der Waals surface area contributed by atoms with Crippen LogP contribution in [0.25, 0.3) is 0 Å². The summed E-state index contributed by atoms with van der Waals surface area (Å²) in [5, 5.41) is 0. The van der Waals surface area contributed by atoms with Crippen LogP contribution >= 0.6 is 0 Å². The quantitative estimate of drug-likeness (QED) is 0.484. The minimum atomic E-state index is -0.301. The second-order valence-electron chi connectivity index (χ2n) is 5.53. The summed E-state index contributed by atoms with van der Waals surface area (Å²) in [7, 11) is 0. The van der Waals surface area contributed by atoms with Crippen LogP contribution in [0, 0.1) is 17.3 Å². The Hall–Kier alpha value is -1.61. The fourth-order valence-corrected chi connectivity index (χ4v) is 3.40. The molecular formula is C15H18N2O. The maximum atomic E-state index is 12.7. The largest absolute Gasteiger partial charge is 0.399 e. The molecule has 3 atom stereocenters. The number of carbonyl (C=O) groups is 1. The van der Waals surface area contributed by atoms with Crippen molar-refractivity contribution in [2.45, 2.75) is 12.8 Å². The highest BCUT2D eigenvalue weighted by molar-refractivity contribution is 6.02. The van der Waals surface area contributed by atoms with Gasteiger partial charge in [-0.15, -0.1) is 0 Å². The van der Waals surface area contributed by atoms with Crippen molar-refractivity contribution in [2.24, 2.45) is 23.0 Å². The van der Waals surface area contributed by atoms with E-state index in [1.165, 1.54) is 0 Å². The molecule has 1 saturated carbocycles. The molecule has 0 spiro atoms. The lowest BCUT2D eigenvalue weighted by Gasteiger charge is -2.24. The van der Waals surface area contributed by atoms with Gasteiger partial charge in [-0.3, -0.25) is 4.79 Å². The average Bonchev–Trinajstić information content (AvgIpc) is 2.97. The van der Waals surface area contributed by atoms with E-state index in [9.17, 15) is 4.79 Å². The highest BCUT2D eigenvalue weighted by Crippen LogP contribution is 2.53. The molecule has 1 aromatic carbocycles. The second-order valence-corrected chi connectivity index (χ2v) is 5.53. The Morgan fingerprint density at radius 1 is 1.28 bits per heavy atom. The number of nitrogens with two attached hydrogens (primary N) is 2. The van der Waals surface area contributed by atoms with Crippen LogP contribution < -0.4 is 11.5 Å². The standard InChI is InChI=1S/C15H18N2O/c16-9-12-8-15(6-5-11(12)7-15)14(18)10-1-3-13(17)4-2-10/h1-6,11-12H,7-9,16-17H2. The molecule has 1 fully saturated rings. The third kappa shape index (κ3) is 1.58. The van der Waals surface area contributed by atoms with Gasteiger partial charge < -0.3 is 11.5 Å². The molecular weight excluding hydrogens is 224 g/mol. The van der Waals surface area contributed by atoms with E-state index in [1.54, 1.807) is 12.1 Å². The Morgan fingerprint density at radius 3 is 2.61 bits per heavy atom. The number of ketones is 1. The highest BCUT2D eigenvalue weighted by Gasteiger charge is 2.50. The summed E-state index contributed by atoms with van der Waals surface area (Å²) in [4.78, 5) is 12.7. The lowest BCUT2D eigenvalue weighted by atomic mass is 9.78. The molecule has 0 aromatic heterocycles. The second kappa shape index (κ2) is 3.95. The molecule has 3 unspecified atom stereocenters. The number of carbonyl (C=O) groups excluding carboxylic acids is 1. The van der Waals surface area contributed by atoms with Crippen molar-refractivity contribution in [3.05, 3.63) is 42.0 Å². The summed E-state index contributed by atoms with van der Waals surface area (Å²) in [6.07, 6.45) is 6.10. The molecule has 1 aromatic rings. The summed E-state index contributed by atoms with van der Waals surface area (Å²) < 4.78 is 0. The molecule has 2 bridgehead atoms. The van der Waals surface area contributed by atoms with Gasteiger partial charge in [0.05, 0.1) is 5.41 Å². The van der Waals surface area contributed by atoms with Gasteiger partial charge in [0.25, 0.3) is 0 Å². The Bertz CT molecular complexity index is 506. The van der Waals surface area contributed by atoms with Crippen molar-refractivity contribution in [2.75, 3.05) is 12.3 Å². The molecule has 94 valence electrons. The molecule has 2 aliphatic rings. The molecule has 0 radical (unpaired) electrons. The summed E-state index contributed by atoms with van der Waals surface area (Å²) in [6, 6.07) is 7.22. The van der Waals surface area contributed by atoms with E-state index in [0.717, 1.165) is 18.4 Å². The van der Waals surface area contributed by atoms with E-state index in [2.05, 4.69) is 12.2 Å². The smallest absolute Gasteiger partial charge is 0.172 e. The number of hydrogen-bond acceptors (Lipinski definition) is 3. The normalized spacial score (nSPS) is 32.9. The van der Waals surface area contributed by atoms with E-state index in [0.29, 0.717) is 24.1 Å². The number of nitrogen functional groups attached to an aromatic ring is 1. The third-order valence-electron chi connectivity index (χ3n) is 4.42. The van der Waals surface area contributed by atoms with Gasteiger partial charge in [0.15, 0.2) is 5.78 Å². The number of Topliss-reactive ketones (excluding diaryl/α,β-unsaturated/α-hetero) is 1. The fourth-order valence-electron chi connectivity index (χ4n) is 3.40. The van der Waals surface area contributed by atoms with Crippen LogP contribution in [0.3, 0.4) is 0 Å². The lowest BCUT2D eigenvalue weighted by Crippen LogP contribution is -2.27. The summed E-state index contributed by atoms with van der Waals surface area (Å²) in [5.41, 5.74) is 12.6. The van der Waals surface area contributed by atoms with Gasteiger partial charge in [0.1, 0.15) is 0 Å². The first-order valence-electron chi connectivity index (χ1n) is 6.44. The Kier molecular flexibility index (Phi) is 2.52. The lowest BCUT2D eigenvalue weighted by molar-refractivity contribution is 0.0856. The SMILES string of the molecule is NCC1CC2(C(=O)c3ccc(N)cc3)C=CC1C2. The van der Waals surface area contributed by atoms with Crippen molar-refractivity contribution >= 4 is 11.5 Å². The van der Waals surface area contributed by atoms with Crippen LogP contribution in [0.2, 0.25) is 0 Å². The molecule has 0 aliphatic heterocycles. The maximum Gasteiger partial charge on any atom is 0.172 e. The maximum absolute atomic E-state index is 12.7. The molecule has 2 aliphatic carbocycles. The minimum Gasteiger partial charge on any atom is -0.399 e. The molecule has 3 heteroatoms. The highest BCUT2D eigenvalue weighted by atomic mass is 16.1. The zero-order valence-corrected chi connectivity index (χ0v) is 10.3. The predicted octanol–water partition coefficient (Wildman–Crippen LogP) is 1.99. The monoisotopic (exact) mass is 242 g/mol. The summed E-state index contributed by atoms with van der Waals surface area (Å²) >= 11 is 0. The summed E-state index contributed by atoms with van der Waals surface area (Å²) in [5.74, 6) is 1.18. The Labute approximate surface area is 107 Å². The molecule has 18 heavy (non-hydrogen) atoms. The number of benzene rings is 1. The summed E-state index contributed by atoms with van der Waals surface area (Å²) in [6.45, 7) is 0.672. The first-order chi connectivity index (χ1) is 8.64. The van der Waals surface area contributed by atoms with Gasteiger partial charge in [0, 0.05) is 11.3 Å². The van der Waals surface area contributed by atoms with Crippen LogP contribution in [0.5, 0.6) is 0 Å². The van der Waals surface area contributed by atoms with Crippen molar-refractivity contribution < 1.29 is 4.79 Å².